The van der Waals surface area contributed by atoms with Crippen LogP contribution in [0.15, 0.2) is 0 Å². The number of methoxy groups -OCH3 is 1. The van der Waals surface area contributed by atoms with Crippen molar-refractivity contribution in [3.8, 4) is 0 Å². The molecule has 0 radical (unpaired) electrons. The largest absolute Gasteiger partial charge is 0.365 e. The van der Waals surface area contributed by atoms with E-state index in [1.807, 2.05) is 15.0 Å². The second kappa shape index (κ2) is 3.23. The van der Waals surface area contributed by atoms with Gasteiger partial charge in [-0.3, -0.25) is 0 Å². The van der Waals surface area contributed by atoms with Crippen LogP contribution in [0.2, 0.25) is 0 Å². The fourth-order valence-corrected chi connectivity index (χ4v) is 0.643. The standard InChI is InChI=1S/C6H16BNO/c1-5-6(2,9-4)8(3)7/h5,7H2,1-4H3. The molecule has 0 rings (SSSR count). The number of ether oxygens (including phenoxy) is 1. The molecule has 0 N–H and O–H groups in total. The normalized spacial score (nSPS) is 17.9. The molecule has 0 aromatic rings. The van der Waals surface area contributed by atoms with Crippen molar-refractivity contribution in [1.29, 1.82) is 0 Å². The molecule has 0 amide bonds. The van der Waals surface area contributed by atoms with E-state index in [9.17, 15) is 0 Å². The lowest BCUT2D eigenvalue weighted by molar-refractivity contribution is -0.0735. The zero-order valence-corrected chi connectivity index (χ0v) is 7.06. The minimum absolute atomic E-state index is 0.0833. The third-order valence-electron chi connectivity index (χ3n) is 2.04. The molecule has 0 fully saturated rings. The summed E-state index contributed by atoms with van der Waals surface area (Å²) in [6.07, 6.45) is 1.01. The predicted octanol–water partition coefficient (Wildman–Crippen LogP) is 0.239. The highest BCUT2D eigenvalue weighted by Gasteiger charge is 2.22. The fourth-order valence-electron chi connectivity index (χ4n) is 0.643. The molecular weight excluding hydrogens is 113 g/mol. The van der Waals surface area contributed by atoms with Gasteiger partial charge < -0.3 is 9.55 Å². The van der Waals surface area contributed by atoms with E-state index in [1.54, 1.807) is 7.11 Å². The predicted molar refractivity (Wildman–Crippen MR) is 42.0 cm³/mol. The summed E-state index contributed by atoms with van der Waals surface area (Å²) in [6.45, 7) is 4.19. The first-order valence-electron chi connectivity index (χ1n) is 3.29. The summed E-state index contributed by atoms with van der Waals surface area (Å²) in [6, 6.07) is 0. The Morgan fingerprint density at radius 1 is 1.67 bits per heavy atom. The first-order valence-corrected chi connectivity index (χ1v) is 3.29. The van der Waals surface area contributed by atoms with Gasteiger partial charge in [0, 0.05) is 7.11 Å². The van der Waals surface area contributed by atoms with Crippen molar-refractivity contribution in [3.63, 3.8) is 0 Å². The third kappa shape index (κ3) is 1.99. The number of nitrogens with zero attached hydrogens (tertiary/aromatic N) is 1. The van der Waals surface area contributed by atoms with Gasteiger partial charge in [0.05, 0.1) is 0 Å². The number of hydrogen-bond acceptors (Lipinski definition) is 2. The van der Waals surface area contributed by atoms with E-state index in [-0.39, 0.29) is 5.72 Å². The van der Waals surface area contributed by atoms with E-state index < -0.39 is 0 Å². The van der Waals surface area contributed by atoms with Crippen LogP contribution in [0, 0.1) is 0 Å². The Balaban J connectivity index is 3.92. The van der Waals surface area contributed by atoms with Gasteiger partial charge in [0.2, 0.25) is 0 Å². The average molecular weight is 129 g/mol. The molecule has 2 nitrogen and oxygen atoms in total. The monoisotopic (exact) mass is 129 g/mol. The van der Waals surface area contributed by atoms with Crippen molar-refractivity contribution >= 4 is 7.98 Å². The number of rotatable bonds is 3. The lowest BCUT2D eigenvalue weighted by Gasteiger charge is -2.34. The van der Waals surface area contributed by atoms with Gasteiger partial charge in [0.1, 0.15) is 5.72 Å². The van der Waals surface area contributed by atoms with Crippen LogP contribution >= 0.6 is 0 Å². The SMILES string of the molecule is BN(C)C(C)(CC)OC. The summed E-state index contributed by atoms with van der Waals surface area (Å²) in [4.78, 5) is 2.08. The quantitative estimate of drug-likeness (QED) is 0.399. The van der Waals surface area contributed by atoms with Crippen molar-refractivity contribution in [3.05, 3.63) is 0 Å². The maximum Gasteiger partial charge on any atom is 0.188 e. The van der Waals surface area contributed by atoms with Crippen LogP contribution in [0.4, 0.5) is 0 Å². The van der Waals surface area contributed by atoms with Gasteiger partial charge in [-0.1, -0.05) is 6.92 Å². The Labute approximate surface area is 58.6 Å². The molecule has 0 aromatic carbocycles. The van der Waals surface area contributed by atoms with Crippen LogP contribution in [0.3, 0.4) is 0 Å². The summed E-state index contributed by atoms with van der Waals surface area (Å²) < 4.78 is 5.27. The summed E-state index contributed by atoms with van der Waals surface area (Å²) in [5.74, 6) is 0. The Hall–Kier alpha value is -0.0151. The zero-order valence-electron chi connectivity index (χ0n) is 7.06. The first kappa shape index (κ1) is 8.98. The van der Waals surface area contributed by atoms with E-state index in [0.717, 1.165) is 6.42 Å². The molecule has 0 aromatic heterocycles. The Morgan fingerprint density at radius 2 is 2.11 bits per heavy atom. The molecule has 9 heavy (non-hydrogen) atoms. The van der Waals surface area contributed by atoms with Gasteiger partial charge in [-0.15, -0.1) is 0 Å². The van der Waals surface area contributed by atoms with E-state index in [1.165, 1.54) is 0 Å². The molecule has 0 saturated heterocycles. The first-order chi connectivity index (χ1) is 4.06. The van der Waals surface area contributed by atoms with Crippen molar-refractivity contribution in [1.82, 2.24) is 4.81 Å². The topological polar surface area (TPSA) is 12.5 Å². The van der Waals surface area contributed by atoms with Crippen LogP contribution in [-0.4, -0.2) is 32.7 Å². The summed E-state index contributed by atoms with van der Waals surface area (Å²) >= 11 is 0. The highest BCUT2D eigenvalue weighted by Crippen LogP contribution is 2.14. The van der Waals surface area contributed by atoms with Crippen LogP contribution in [0.25, 0.3) is 0 Å². The lowest BCUT2D eigenvalue weighted by Crippen LogP contribution is -2.43. The van der Waals surface area contributed by atoms with Gasteiger partial charge in [-0.2, -0.15) is 0 Å². The van der Waals surface area contributed by atoms with Gasteiger partial charge >= 0.3 is 0 Å². The molecule has 0 bridgehead atoms. The van der Waals surface area contributed by atoms with E-state index in [4.69, 9.17) is 4.74 Å². The second-order valence-electron chi connectivity index (χ2n) is 2.63. The number of hydrogen-bond donors (Lipinski definition) is 0. The molecule has 3 heteroatoms. The van der Waals surface area contributed by atoms with Crippen LogP contribution < -0.4 is 0 Å². The maximum atomic E-state index is 5.27. The molecule has 1 unspecified atom stereocenters. The minimum Gasteiger partial charge on any atom is -0.365 e. The van der Waals surface area contributed by atoms with Crippen LogP contribution in [0.5, 0.6) is 0 Å². The fraction of sp³-hybridized carbons (Fsp3) is 1.00. The Kier molecular flexibility index (Phi) is 3.22. The molecular formula is C6H16BNO. The van der Waals surface area contributed by atoms with E-state index >= 15 is 0 Å². The van der Waals surface area contributed by atoms with Crippen LogP contribution in [0.1, 0.15) is 20.3 Å². The van der Waals surface area contributed by atoms with Crippen LogP contribution in [-0.2, 0) is 4.74 Å². The molecule has 0 heterocycles. The molecule has 0 aliphatic heterocycles. The van der Waals surface area contributed by atoms with Crippen molar-refractivity contribution < 1.29 is 4.74 Å². The molecule has 54 valence electrons. The Bertz CT molecular complexity index is 81.1. The summed E-state index contributed by atoms with van der Waals surface area (Å²) in [7, 11) is 5.78. The minimum atomic E-state index is -0.0833. The van der Waals surface area contributed by atoms with E-state index in [2.05, 4.69) is 18.7 Å². The zero-order chi connectivity index (χ0) is 7.49. The highest BCUT2D eigenvalue weighted by atomic mass is 16.5. The average Bonchev–Trinajstić information content (AvgIpc) is 1.86. The van der Waals surface area contributed by atoms with Gasteiger partial charge in [0.15, 0.2) is 7.98 Å². The molecule has 0 aliphatic carbocycles. The van der Waals surface area contributed by atoms with Gasteiger partial charge in [-0.05, 0) is 20.4 Å². The molecule has 0 spiro atoms. The smallest absolute Gasteiger partial charge is 0.188 e. The molecule has 0 saturated carbocycles. The molecule has 1 atom stereocenters. The summed E-state index contributed by atoms with van der Waals surface area (Å²) in [5.41, 5.74) is -0.0833. The van der Waals surface area contributed by atoms with E-state index in [0.29, 0.717) is 0 Å². The third-order valence-corrected chi connectivity index (χ3v) is 2.04. The van der Waals surface area contributed by atoms with Crippen molar-refractivity contribution in [2.24, 2.45) is 0 Å². The second-order valence-corrected chi connectivity index (χ2v) is 2.63. The van der Waals surface area contributed by atoms with Gasteiger partial charge in [-0.25, -0.2) is 0 Å². The lowest BCUT2D eigenvalue weighted by atomic mass is 10.1. The Morgan fingerprint density at radius 3 is 2.11 bits per heavy atom. The highest BCUT2D eigenvalue weighted by molar-refractivity contribution is 6.04. The molecule has 0 aliphatic rings. The summed E-state index contributed by atoms with van der Waals surface area (Å²) in [5, 5.41) is 0. The van der Waals surface area contributed by atoms with Crippen molar-refractivity contribution in [2.75, 3.05) is 14.2 Å². The maximum absolute atomic E-state index is 5.27. The van der Waals surface area contributed by atoms with Crippen molar-refractivity contribution in [2.45, 2.75) is 26.0 Å². The van der Waals surface area contributed by atoms with Gasteiger partial charge in [0.25, 0.3) is 0 Å².